The van der Waals surface area contributed by atoms with Crippen molar-refractivity contribution in [2.24, 2.45) is 0 Å². The SMILES string of the molecule is Cc1ccc(C(=O)N2CCN(c3ccc(NC(=O)CSc4nc(-c5ccccc5)c(-c5ccccc5)o4)cc3)CC2)cc1. The second-order valence-corrected chi connectivity index (χ2v) is 11.3. The van der Waals surface area contributed by atoms with Crippen molar-refractivity contribution in [2.75, 3.05) is 42.1 Å². The Morgan fingerprint density at radius 3 is 2.07 bits per heavy atom. The van der Waals surface area contributed by atoms with Gasteiger partial charge in [0.05, 0.1) is 5.75 Å². The quantitative estimate of drug-likeness (QED) is 0.197. The van der Waals surface area contributed by atoms with Gasteiger partial charge in [0.2, 0.25) is 5.91 Å². The zero-order valence-electron chi connectivity index (χ0n) is 23.9. The molecule has 1 saturated heterocycles. The van der Waals surface area contributed by atoms with E-state index in [0.717, 1.165) is 52.4 Å². The molecule has 1 aliphatic rings. The molecule has 1 fully saturated rings. The van der Waals surface area contributed by atoms with Crippen LogP contribution in [0.1, 0.15) is 15.9 Å². The Labute approximate surface area is 255 Å². The molecule has 2 amide bonds. The summed E-state index contributed by atoms with van der Waals surface area (Å²) in [4.78, 5) is 34.5. The number of hydrogen-bond acceptors (Lipinski definition) is 6. The van der Waals surface area contributed by atoms with Crippen molar-refractivity contribution < 1.29 is 14.0 Å². The number of carbonyl (C=O) groups excluding carboxylic acids is 2. The Balaban J connectivity index is 1.03. The molecule has 1 aromatic heterocycles. The molecule has 0 atom stereocenters. The Morgan fingerprint density at radius 2 is 1.42 bits per heavy atom. The first-order valence-corrected chi connectivity index (χ1v) is 15.3. The van der Waals surface area contributed by atoms with Crippen molar-refractivity contribution in [3.05, 3.63) is 120 Å². The first-order valence-electron chi connectivity index (χ1n) is 14.3. The third-order valence-electron chi connectivity index (χ3n) is 7.40. The predicted octanol–water partition coefficient (Wildman–Crippen LogP) is 7.01. The summed E-state index contributed by atoms with van der Waals surface area (Å²) < 4.78 is 6.13. The van der Waals surface area contributed by atoms with E-state index in [1.165, 1.54) is 11.8 Å². The molecule has 5 aromatic rings. The predicted molar refractivity (Wildman–Crippen MR) is 172 cm³/mol. The van der Waals surface area contributed by atoms with E-state index in [9.17, 15) is 9.59 Å². The Morgan fingerprint density at radius 1 is 0.791 bits per heavy atom. The van der Waals surface area contributed by atoms with Crippen LogP contribution in [0.2, 0.25) is 0 Å². The van der Waals surface area contributed by atoms with Crippen molar-refractivity contribution in [1.82, 2.24) is 9.88 Å². The topological polar surface area (TPSA) is 78.7 Å². The molecule has 43 heavy (non-hydrogen) atoms. The fourth-order valence-corrected chi connectivity index (χ4v) is 5.69. The van der Waals surface area contributed by atoms with Crippen LogP contribution in [0.4, 0.5) is 11.4 Å². The molecule has 2 heterocycles. The zero-order chi connectivity index (χ0) is 29.6. The Kier molecular flexibility index (Phi) is 8.56. The van der Waals surface area contributed by atoms with Crippen molar-refractivity contribution in [3.63, 3.8) is 0 Å². The second-order valence-electron chi connectivity index (χ2n) is 10.4. The highest BCUT2D eigenvalue weighted by atomic mass is 32.2. The molecule has 0 unspecified atom stereocenters. The van der Waals surface area contributed by atoms with Crippen LogP contribution in [0.25, 0.3) is 22.6 Å². The molecule has 7 nitrogen and oxygen atoms in total. The summed E-state index contributed by atoms with van der Waals surface area (Å²) in [6.07, 6.45) is 0. The lowest BCUT2D eigenvalue weighted by Crippen LogP contribution is -2.48. The van der Waals surface area contributed by atoms with E-state index in [-0.39, 0.29) is 17.6 Å². The number of aryl methyl sites for hydroxylation is 1. The van der Waals surface area contributed by atoms with Gasteiger partial charge in [-0.25, -0.2) is 4.98 Å². The average Bonchev–Trinajstić information content (AvgIpc) is 3.50. The molecule has 0 bridgehead atoms. The highest BCUT2D eigenvalue weighted by Gasteiger charge is 2.22. The number of nitrogens with one attached hydrogen (secondary N) is 1. The van der Waals surface area contributed by atoms with E-state index >= 15 is 0 Å². The lowest BCUT2D eigenvalue weighted by Gasteiger charge is -2.36. The van der Waals surface area contributed by atoms with Crippen molar-refractivity contribution in [3.8, 4) is 22.6 Å². The van der Waals surface area contributed by atoms with Gasteiger partial charge in [-0.2, -0.15) is 0 Å². The number of nitrogens with zero attached hydrogens (tertiary/aromatic N) is 3. The van der Waals surface area contributed by atoms with Gasteiger partial charge in [-0.05, 0) is 43.3 Å². The van der Waals surface area contributed by atoms with Crippen molar-refractivity contribution in [2.45, 2.75) is 12.1 Å². The van der Waals surface area contributed by atoms with Crippen LogP contribution >= 0.6 is 11.8 Å². The minimum Gasteiger partial charge on any atom is -0.431 e. The number of piperazine rings is 1. The summed E-state index contributed by atoms with van der Waals surface area (Å²) in [5.74, 6) is 0.794. The van der Waals surface area contributed by atoms with Crippen LogP contribution in [0.3, 0.4) is 0 Å². The number of benzene rings is 4. The van der Waals surface area contributed by atoms with Gasteiger partial charge in [0.1, 0.15) is 5.69 Å². The third-order valence-corrected chi connectivity index (χ3v) is 8.23. The van der Waals surface area contributed by atoms with Gasteiger partial charge < -0.3 is 19.5 Å². The van der Waals surface area contributed by atoms with E-state index in [1.807, 2.05) is 121 Å². The minimum absolute atomic E-state index is 0.0768. The number of aromatic nitrogens is 1. The molecular weight excluding hydrogens is 556 g/mol. The summed E-state index contributed by atoms with van der Waals surface area (Å²) in [6.45, 7) is 4.87. The third kappa shape index (κ3) is 6.81. The van der Waals surface area contributed by atoms with Gasteiger partial charge in [0.25, 0.3) is 11.1 Å². The van der Waals surface area contributed by atoms with Crippen LogP contribution in [0.5, 0.6) is 0 Å². The van der Waals surface area contributed by atoms with Crippen LogP contribution in [0, 0.1) is 6.92 Å². The molecule has 1 aliphatic heterocycles. The lowest BCUT2D eigenvalue weighted by atomic mass is 10.1. The van der Waals surface area contributed by atoms with Gasteiger partial charge in [0.15, 0.2) is 5.76 Å². The summed E-state index contributed by atoms with van der Waals surface area (Å²) in [6, 6.07) is 35.3. The first-order chi connectivity index (χ1) is 21.0. The maximum atomic E-state index is 12.8. The molecular formula is C35H32N4O3S. The molecule has 0 aliphatic carbocycles. The average molecular weight is 589 g/mol. The fraction of sp³-hybridized carbons (Fsp3) is 0.171. The zero-order valence-corrected chi connectivity index (χ0v) is 24.7. The van der Waals surface area contributed by atoms with Crippen molar-refractivity contribution in [1.29, 1.82) is 0 Å². The summed E-state index contributed by atoms with van der Waals surface area (Å²) in [5, 5.41) is 3.42. The summed E-state index contributed by atoms with van der Waals surface area (Å²) in [5.41, 5.74) is 6.31. The number of carbonyl (C=O) groups is 2. The van der Waals surface area contributed by atoms with E-state index in [0.29, 0.717) is 24.1 Å². The molecule has 8 heteroatoms. The van der Waals surface area contributed by atoms with E-state index in [2.05, 4.69) is 10.2 Å². The van der Waals surface area contributed by atoms with Gasteiger partial charge in [-0.1, -0.05) is 90.1 Å². The first kappa shape index (κ1) is 28.3. The molecule has 1 N–H and O–H groups in total. The summed E-state index contributed by atoms with van der Waals surface area (Å²) >= 11 is 1.27. The molecule has 6 rings (SSSR count). The van der Waals surface area contributed by atoms with Crippen LogP contribution < -0.4 is 10.2 Å². The highest BCUT2D eigenvalue weighted by Crippen LogP contribution is 2.35. The van der Waals surface area contributed by atoms with E-state index < -0.39 is 0 Å². The summed E-state index contributed by atoms with van der Waals surface area (Å²) in [7, 11) is 0. The Hall–Kier alpha value is -4.82. The normalized spacial score (nSPS) is 13.1. The van der Waals surface area contributed by atoms with E-state index in [1.54, 1.807) is 0 Å². The molecule has 216 valence electrons. The fourth-order valence-electron chi connectivity index (χ4n) is 5.07. The molecule has 0 saturated carbocycles. The number of oxazole rings is 1. The smallest absolute Gasteiger partial charge is 0.257 e. The maximum absolute atomic E-state index is 12.8. The van der Waals surface area contributed by atoms with E-state index in [4.69, 9.17) is 9.40 Å². The van der Waals surface area contributed by atoms with Crippen molar-refractivity contribution >= 4 is 35.0 Å². The van der Waals surface area contributed by atoms with Crippen LogP contribution in [0.15, 0.2) is 119 Å². The molecule has 0 spiro atoms. The maximum Gasteiger partial charge on any atom is 0.257 e. The Bertz CT molecular complexity index is 1620. The van der Waals surface area contributed by atoms with Gasteiger partial charge >= 0.3 is 0 Å². The molecule has 4 aromatic carbocycles. The number of hydrogen-bond donors (Lipinski definition) is 1. The monoisotopic (exact) mass is 588 g/mol. The van der Waals surface area contributed by atoms with Gasteiger partial charge in [0, 0.05) is 54.2 Å². The molecule has 0 radical (unpaired) electrons. The van der Waals surface area contributed by atoms with Crippen LogP contribution in [-0.2, 0) is 4.79 Å². The van der Waals surface area contributed by atoms with Crippen LogP contribution in [-0.4, -0.2) is 53.6 Å². The number of amides is 2. The number of anilines is 2. The van der Waals surface area contributed by atoms with Gasteiger partial charge in [-0.3, -0.25) is 9.59 Å². The highest BCUT2D eigenvalue weighted by molar-refractivity contribution is 7.99. The standard InChI is InChI=1S/C35H32N4O3S/c1-25-12-14-28(15-13-25)34(41)39-22-20-38(21-23-39)30-18-16-29(17-19-30)36-31(40)24-43-35-37-32(26-8-4-2-5-9-26)33(42-35)27-10-6-3-7-11-27/h2-19H,20-24H2,1H3,(H,36,40). The second kappa shape index (κ2) is 13.0. The number of rotatable bonds is 8. The van der Waals surface area contributed by atoms with Gasteiger partial charge in [-0.15, -0.1) is 0 Å². The number of thioether (sulfide) groups is 1. The largest absolute Gasteiger partial charge is 0.431 e. The lowest BCUT2D eigenvalue weighted by molar-refractivity contribution is -0.113. The minimum atomic E-state index is -0.137.